The van der Waals surface area contributed by atoms with Crippen molar-refractivity contribution in [3.05, 3.63) is 45.9 Å². The maximum Gasteiger partial charge on any atom is 0.193 e. The number of nitrogens with one attached hydrogen (secondary N) is 1. The highest BCUT2D eigenvalue weighted by molar-refractivity contribution is 7.98. The van der Waals surface area contributed by atoms with Crippen LogP contribution >= 0.6 is 23.1 Å². The van der Waals surface area contributed by atoms with E-state index in [-0.39, 0.29) is 0 Å². The van der Waals surface area contributed by atoms with Gasteiger partial charge in [0.05, 0.1) is 5.01 Å². The fraction of sp³-hybridized carbons (Fsp3) is 0.444. The monoisotopic (exact) mass is 362 g/mol. The highest BCUT2D eigenvalue weighted by Crippen LogP contribution is 2.15. The number of rotatable bonds is 7. The normalized spacial score (nSPS) is 11.6. The molecule has 0 saturated carbocycles. The summed E-state index contributed by atoms with van der Waals surface area (Å²) in [6.45, 7) is 3.79. The maximum atomic E-state index is 4.50. The van der Waals surface area contributed by atoms with Crippen molar-refractivity contribution in [3.8, 4) is 0 Å². The van der Waals surface area contributed by atoms with E-state index in [1.165, 1.54) is 15.5 Å². The van der Waals surface area contributed by atoms with E-state index in [9.17, 15) is 0 Å². The summed E-state index contributed by atoms with van der Waals surface area (Å²) in [6.07, 6.45) is 4.17. The number of hydrogen-bond acceptors (Lipinski definition) is 4. The summed E-state index contributed by atoms with van der Waals surface area (Å²) in [5, 5.41) is 6.76. The fourth-order valence-corrected chi connectivity index (χ4v) is 3.65. The Balaban J connectivity index is 1.77. The van der Waals surface area contributed by atoms with Crippen LogP contribution in [-0.2, 0) is 13.0 Å². The van der Waals surface area contributed by atoms with E-state index in [0.29, 0.717) is 0 Å². The lowest BCUT2D eigenvalue weighted by Crippen LogP contribution is -2.39. The highest BCUT2D eigenvalue weighted by Gasteiger charge is 2.07. The number of aromatic nitrogens is 1. The third kappa shape index (κ3) is 5.83. The van der Waals surface area contributed by atoms with Crippen LogP contribution in [0.3, 0.4) is 0 Å². The van der Waals surface area contributed by atoms with Crippen molar-refractivity contribution in [1.82, 2.24) is 15.2 Å². The molecule has 1 N–H and O–H groups in total. The SMILES string of the molecule is CN=C(NCCCc1nc(C)cs1)N(C)Cc1ccc(SC)cc1. The van der Waals surface area contributed by atoms with Crippen LogP contribution in [0.4, 0.5) is 0 Å². The molecule has 0 fully saturated rings. The van der Waals surface area contributed by atoms with Crippen molar-refractivity contribution in [2.45, 2.75) is 31.2 Å². The van der Waals surface area contributed by atoms with Crippen molar-refractivity contribution in [2.75, 3.05) is 26.9 Å². The largest absolute Gasteiger partial charge is 0.356 e. The quantitative estimate of drug-likeness (QED) is 0.352. The Bertz CT molecular complexity index is 649. The van der Waals surface area contributed by atoms with Gasteiger partial charge in [-0.1, -0.05) is 12.1 Å². The van der Waals surface area contributed by atoms with E-state index in [1.54, 1.807) is 23.1 Å². The summed E-state index contributed by atoms with van der Waals surface area (Å²) < 4.78 is 0. The average Bonchev–Trinajstić information content (AvgIpc) is 3.01. The molecule has 130 valence electrons. The average molecular weight is 363 g/mol. The van der Waals surface area contributed by atoms with E-state index < -0.39 is 0 Å². The van der Waals surface area contributed by atoms with E-state index >= 15 is 0 Å². The number of benzene rings is 1. The minimum atomic E-state index is 0.847. The van der Waals surface area contributed by atoms with Crippen LogP contribution in [0.5, 0.6) is 0 Å². The van der Waals surface area contributed by atoms with Crippen molar-refractivity contribution in [1.29, 1.82) is 0 Å². The molecule has 1 aromatic carbocycles. The Morgan fingerprint density at radius 3 is 2.67 bits per heavy atom. The first-order valence-electron chi connectivity index (χ1n) is 8.08. The molecule has 0 bridgehead atoms. The summed E-state index contributed by atoms with van der Waals surface area (Å²) in [5.74, 6) is 0.930. The molecule has 24 heavy (non-hydrogen) atoms. The summed E-state index contributed by atoms with van der Waals surface area (Å²) in [7, 11) is 3.90. The molecule has 6 heteroatoms. The van der Waals surface area contributed by atoms with Gasteiger partial charge in [-0.2, -0.15) is 0 Å². The lowest BCUT2D eigenvalue weighted by atomic mass is 10.2. The van der Waals surface area contributed by atoms with Gasteiger partial charge in [-0.25, -0.2) is 4.98 Å². The van der Waals surface area contributed by atoms with Gasteiger partial charge in [0.15, 0.2) is 5.96 Å². The van der Waals surface area contributed by atoms with Crippen molar-refractivity contribution in [2.24, 2.45) is 4.99 Å². The molecule has 0 aliphatic carbocycles. The van der Waals surface area contributed by atoms with Gasteiger partial charge in [0, 0.05) is 49.6 Å². The maximum absolute atomic E-state index is 4.50. The van der Waals surface area contributed by atoms with Crippen molar-refractivity contribution in [3.63, 3.8) is 0 Å². The number of thiazole rings is 1. The molecule has 2 rings (SSSR count). The van der Waals surface area contributed by atoms with Gasteiger partial charge in [0.1, 0.15) is 0 Å². The van der Waals surface area contributed by atoms with Crippen LogP contribution in [-0.4, -0.2) is 42.7 Å². The molecule has 0 atom stereocenters. The van der Waals surface area contributed by atoms with Crippen LogP contribution in [0, 0.1) is 6.92 Å². The van der Waals surface area contributed by atoms with Crippen LogP contribution < -0.4 is 5.32 Å². The molecule has 0 aliphatic heterocycles. The summed E-state index contributed by atoms with van der Waals surface area (Å²) in [5.41, 5.74) is 2.41. The van der Waals surface area contributed by atoms with Gasteiger partial charge >= 0.3 is 0 Å². The second kappa shape index (κ2) is 9.69. The predicted molar refractivity (Wildman–Crippen MR) is 106 cm³/mol. The van der Waals surface area contributed by atoms with Crippen molar-refractivity contribution < 1.29 is 0 Å². The van der Waals surface area contributed by atoms with Crippen LogP contribution in [0.2, 0.25) is 0 Å². The molecule has 0 saturated heterocycles. The molecular formula is C18H26N4S2. The van der Waals surface area contributed by atoms with E-state index in [4.69, 9.17) is 0 Å². The van der Waals surface area contributed by atoms with Gasteiger partial charge in [-0.05, 0) is 37.3 Å². The van der Waals surface area contributed by atoms with Gasteiger partial charge in [-0.3, -0.25) is 4.99 Å². The molecule has 0 unspecified atom stereocenters. The summed E-state index contributed by atoms with van der Waals surface area (Å²) >= 11 is 3.51. The van der Waals surface area contributed by atoms with Crippen LogP contribution in [0.1, 0.15) is 22.7 Å². The van der Waals surface area contributed by atoms with E-state index in [1.807, 2.05) is 14.0 Å². The van der Waals surface area contributed by atoms with Crippen molar-refractivity contribution >= 4 is 29.1 Å². The Labute approximate surface area is 153 Å². The van der Waals surface area contributed by atoms with Gasteiger partial charge in [0.2, 0.25) is 0 Å². The third-order valence-electron chi connectivity index (χ3n) is 3.67. The molecule has 0 amide bonds. The number of aliphatic imine (C=N–C) groups is 1. The lowest BCUT2D eigenvalue weighted by Gasteiger charge is -2.22. The highest BCUT2D eigenvalue weighted by atomic mass is 32.2. The molecule has 4 nitrogen and oxygen atoms in total. The van der Waals surface area contributed by atoms with Gasteiger partial charge in [0.25, 0.3) is 0 Å². The van der Waals surface area contributed by atoms with E-state index in [0.717, 1.165) is 37.6 Å². The molecule has 1 heterocycles. The summed E-state index contributed by atoms with van der Waals surface area (Å²) in [4.78, 5) is 12.3. The molecule has 0 radical (unpaired) electrons. The Hall–Kier alpha value is -1.53. The number of guanidine groups is 1. The topological polar surface area (TPSA) is 40.5 Å². The number of aryl methyl sites for hydroxylation is 2. The lowest BCUT2D eigenvalue weighted by molar-refractivity contribution is 0.475. The molecule has 0 aliphatic rings. The summed E-state index contributed by atoms with van der Waals surface area (Å²) in [6, 6.07) is 8.70. The number of nitrogens with zero attached hydrogens (tertiary/aromatic N) is 3. The van der Waals surface area contributed by atoms with Crippen LogP contribution in [0.25, 0.3) is 0 Å². The second-order valence-electron chi connectivity index (χ2n) is 5.66. The molecule has 0 spiro atoms. The van der Waals surface area contributed by atoms with Gasteiger partial charge < -0.3 is 10.2 Å². The number of thioether (sulfide) groups is 1. The Morgan fingerprint density at radius 2 is 2.08 bits per heavy atom. The molecule has 2 aromatic rings. The Kier molecular flexibility index (Phi) is 7.59. The van der Waals surface area contributed by atoms with Crippen LogP contribution in [0.15, 0.2) is 39.5 Å². The Morgan fingerprint density at radius 1 is 1.33 bits per heavy atom. The smallest absolute Gasteiger partial charge is 0.193 e. The first-order chi connectivity index (χ1) is 11.6. The predicted octanol–water partition coefficient (Wildman–Crippen LogP) is 3.81. The first kappa shape index (κ1) is 18.8. The molecule has 1 aromatic heterocycles. The minimum absolute atomic E-state index is 0.847. The molecular weight excluding hydrogens is 336 g/mol. The first-order valence-corrected chi connectivity index (χ1v) is 10.2. The fourth-order valence-electron chi connectivity index (χ4n) is 2.42. The zero-order valence-electron chi connectivity index (χ0n) is 14.9. The third-order valence-corrected chi connectivity index (χ3v) is 5.44. The standard InChI is InChI=1S/C18H26N4S2/c1-14-13-24-17(21-14)6-5-11-20-18(19-2)22(3)12-15-7-9-16(23-4)10-8-15/h7-10,13H,5-6,11-12H2,1-4H3,(H,19,20). The second-order valence-corrected chi connectivity index (χ2v) is 7.49. The zero-order chi connectivity index (χ0) is 17.4. The van der Waals surface area contributed by atoms with Gasteiger partial charge in [-0.15, -0.1) is 23.1 Å². The van der Waals surface area contributed by atoms with E-state index in [2.05, 4.69) is 63.1 Å². The zero-order valence-corrected chi connectivity index (χ0v) is 16.5. The minimum Gasteiger partial charge on any atom is -0.356 e. The number of hydrogen-bond donors (Lipinski definition) is 1.